The van der Waals surface area contributed by atoms with Gasteiger partial charge in [0.05, 0.1) is 0 Å². The first-order valence-corrected chi connectivity index (χ1v) is 0.333. The predicted molar refractivity (Wildman–Crippen MR) is 11.5 cm³/mol. The number of hydrogen-bond acceptors (Lipinski definition) is 0. The molecule has 0 rings (SSSR count). The normalized spacial score (nSPS) is 1.00. The van der Waals surface area contributed by atoms with Crippen molar-refractivity contribution in [3.05, 3.63) is 0 Å². The van der Waals surface area contributed by atoms with Gasteiger partial charge in [-0.2, -0.15) is 0 Å². The van der Waals surface area contributed by atoms with Crippen LogP contribution in [0.2, 0.25) is 0 Å². The van der Waals surface area contributed by atoms with Crippen LogP contribution in [0.3, 0.4) is 0 Å². The van der Waals surface area contributed by atoms with E-state index in [-0.39, 0.29) is 65.4 Å². The Bertz CT molecular complexity index is 4.00. The van der Waals surface area contributed by atoms with E-state index >= 15 is 0 Å². The van der Waals surface area contributed by atoms with E-state index in [1.807, 2.05) is 0 Å². The molecule has 0 fully saturated rings. The summed E-state index contributed by atoms with van der Waals surface area (Å²) in [6.07, 6.45) is 0. The van der Waals surface area contributed by atoms with Gasteiger partial charge < -0.3 is 0 Å². The SMILES string of the molecule is [B][B].[Y].[Y]. The van der Waals surface area contributed by atoms with Crippen LogP contribution in [0.4, 0.5) is 0 Å². The van der Waals surface area contributed by atoms with Crippen LogP contribution in [0.1, 0.15) is 0 Å². The fourth-order valence-electron chi connectivity index (χ4n) is 0. The Balaban J connectivity index is -0.00000000500. The molecule has 0 aromatic rings. The zero-order chi connectivity index (χ0) is 2.00. The van der Waals surface area contributed by atoms with E-state index < -0.39 is 0 Å². The third kappa shape index (κ3) is 8.84. The molecule has 0 saturated heterocycles. The standard InChI is InChI=1S/B2.2Y/c1-2;;. The Hall–Kier alpha value is 2.34. The van der Waals surface area contributed by atoms with E-state index in [1.165, 1.54) is 0 Å². The van der Waals surface area contributed by atoms with Crippen molar-refractivity contribution < 1.29 is 65.4 Å². The van der Waals surface area contributed by atoms with E-state index in [4.69, 9.17) is 0 Å². The molecule has 0 unspecified atom stereocenters. The van der Waals surface area contributed by atoms with Crippen molar-refractivity contribution in [3.8, 4) is 0 Å². The van der Waals surface area contributed by atoms with Gasteiger partial charge in [-0.3, -0.25) is 0 Å². The van der Waals surface area contributed by atoms with Gasteiger partial charge >= 0.3 is 0 Å². The monoisotopic (exact) mass is 200 g/mol. The van der Waals surface area contributed by atoms with Gasteiger partial charge in [0, 0.05) is 80.9 Å². The minimum atomic E-state index is 0. The summed E-state index contributed by atoms with van der Waals surface area (Å²) in [6.45, 7) is 0. The van der Waals surface area contributed by atoms with Crippen LogP contribution in [0.15, 0.2) is 0 Å². The summed E-state index contributed by atoms with van der Waals surface area (Å²) in [5.41, 5.74) is 0. The molecule has 0 aliphatic rings. The van der Waals surface area contributed by atoms with Gasteiger partial charge in [-0.15, -0.1) is 0 Å². The summed E-state index contributed by atoms with van der Waals surface area (Å²) in [7, 11) is 8.00. The first-order chi connectivity index (χ1) is 1.00. The van der Waals surface area contributed by atoms with E-state index in [0.717, 1.165) is 0 Å². The Morgan fingerprint density at radius 2 is 0.750 bits per heavy atom. The van der Waals surface area contributed by atoms with Gasteiger partial charge in [-0.05, 0) is 0 Å². The molecular weight excluding hydrogens is 199 g/mol. The minimum absolute atomic E-state index is 0. The third-order valence-corrected chi connectivity index (χ3v) is 0. The van der Waals surface area contributed by atoms with Crippen molar-refractivity contribution in [2.24, 2.45) is 0 Å². The van der Waals surface area contributed by atoms with Crippen molar-refractivity contribution in [2.75, 3.05) is 0 Å². The average Bonchev–Trinajstić information content (AvgIpc) is 1.00. The van der Waals surface area contributed by atoms with Crippen molar-refractivity contribution in [3.63, 3.8) is 0 Å². The minimum Gasteiger partial charge on any atom is 0 e. The molecule has 4 heavy (non-hydrogen) atoms. The predicted octanol–water partition coefficient (Wildman–Crippen LogP) is -0.767. The average molecular weight is 199 g/mol. The summed E-state index contributed by atoms with van der Waals surface area (Å²) < 4.78 is 0. The Morgan fingerprint density at radius 1 is 0.750 bits per heavy atom. The molecular formula is B2Y2. The Morgan fingerprint density at radius 3 is 0.750 bits per heavy atom. The van der Waals surface area contributed by atoms with Crippen molar-refractivity contribution >= 4 is 15.5 Å². The van der Waals surface area contributed by atoms with Crippen molar-refractivity contribution in [1.82, 2.24) is 0 Å². The molecule has 0 aromatic heterocycles. The molecule has 12 valence electrons. The molecule has 4 heteroatoms. The fourth-order valence-corrected chi connectivity index (χ4v) is 0. The Labute approximate surface area is 79.4 Å². The van der Waals surface area contributed by atoms with Gasteiger partial charge in [0.15, 0.2) is 0 Å². The van der Waals surface area contributed by atoms with Gasteiger partial charge in [-0.1, -0.05) is 0 Å². The van der Waals surface area contributed by atoms with E-state index in [2.05, 4.69) is 15.5 Å². The summed E-state index contributed by atoms with van der Waals surface area (Å²) in [5.74, 6) is 0. The largest absolute Gasteiger partial charge is 0 e. The summed E-state index contributed by atoms with van der Waals surface area (Å²) in [6, 6.07) is 0. The molecule has 6 radical (unpaired) electrons. The first-order valence-electron chi connectivity index (χ1n) is 0.333. The van der Waals surface area contributed by atoms with E-state index in [0.29, 0.717) is 0 Å². The maximum Gasteiger partial charge on any atom is 0 e. The second-order valence-corrected chi connectivity index (χ2v) is 0. The van der Waals surface area contributed by atoms with Crippen molar-refractivity contribution in [2.45, 2.75) is 0 Å². The van der Waals surface area contributed by atoms with Crippen LogP contribution in [0, 0.1) is 0 Å². The quantitative estimate of drug-likeness (QED) is 0.450. The molecule has 0 amide bonds. The van der Waals surface area contributed by atoms with Gasteiger partial charge in [-0.25, -0.2) is 0 Å². The molecule has 0 aromatic carbocycles. The zero-order valence-electron chi connectivity index (χ0n) is 2.31. The Kier molecular flexibility index (Phi) is 74.5. The number of hydrogen-bond donors (Lipinski definition) is 0. The van der Waals surface area contributed by atoms with Crippen LogP contribution in [-0.4, -0.2) is 15.5 Å². The molecule has 0 aliphatic heterocycles. The second-order valence-electron chi connectivity index (χ2n) is 0. The molecule has 0 N–H and O–H groups in total. The van der Waals surface area contributed by atoms with Crippen LogP contribution in [0.5, 0.6) is 0 Å². The van der Waals surface area contributed by atoms with Crippen LogP contribution in [-0.2, 0) is 65.4 Å². The third-order valence-electron chi connectivity index (χ3n) is 0. The molecule has 0 heterocycles. The zero-order valence-corrected chi connectivity index (χ0v) is 7.99. The molecule has 0 atom stereocenters. The van der Waals surface area contributed by atoms with Gasteiger partial charge in [0.25, 0.3) is 0 Å². The van der Waals surface area contributed by atoms with Gasteiger partial charge in [0.1, 0.15) is 0 Å². The number of rotatable bonds is 0. The van der Waals surface area contributed by atoms with Crippen molar-refractivity contribution in [1.29, 1.82) is 0 Å². The molecule has 0 saturated carbocycles. The smallest absolute Gasteiger partial charge is 0 e. The van der Waals surface area contributed by atoms with Gasteiger partial charge in [0.2, 0.25) is 0 Å². The molecule has 0 bridgehead atoms. The maximum absolute atomic E-state index is 4.00. The molecule has 0 nitrogen and oxygen atoms in total. The van der Waals surface area contributed by atoms with Crippen LogP contribution >= 0.6 is 0 Å². The van der Waals surface area contributed by atoms with E-state index in [1.54, 1.807) is 0 Å². The van der Waals surface area contributed by atoms with E-state index in [9.17, 15) is 0 Å². The topological polar surface area (TPSA) is 0 Å². The second kappa shape index (κ2) is 18.4. The maximum atomic E-state index is 4.00. The molecule has 0 spiro atoms. The summed E-state index contributed by atoms with van der Waals surface area (Å²) >= 11 is 0. The summed E-state index contributed by atoms with van der Waals surface area (Å²) in [5, 5.41) is 0. The summed E-state index contributed by atoms with van der Waals surface area (Å²) in [4.78, 5) is 0. The molecule has 0 aliphatic carbocycles. The van der Waals surface area contributed by atoms with Crippen LogP contribution in [0.25, 0.3) is 0 Å². The fraction of sp³-hybridized carbons (Fsp3) is 0. The van der Waals surface area contributed by atoms with Crippen LogP contribution < -0.4 is 0 Å². The first kappa shape index (κ1) is 16.2.